The number of amides is 1. The molecule has 0 bridgehead atoms. The number of nitrogen functional groups attached to an aromatic ring is 1. The molecule has 0 radical (unpaired) electrons. The molecule has 1 unspecified atom stereocenters. The summed E-state index contributed by atoms with van der Waals surface area (Å²) < 4.78 is 28.0. The fourth-order valence-electron chi connectivity index (χ4n) is 3.47. The molecule has 2 atom stereocenters. The minimum Gasteiger partial charge on any atom is -0.383 e. The predicted octanol–water partition coefficient (Wildman–Crippen LogP) is 0.996. The number of alkyl halides is 2. The smallest absolute Gasteiger partial charge is 0.280 e. The van der Waals surface area contributed by atoms with E-state index >= 15 is 0 Å². The van der Waals surface area contributed by atoms with Gasteiger partial charge in [-0.15, -0.1) is 0 Å². The lowest BCUT2D eigenvalue weighted by Gasteiger charge is -2.37. The highest BCUT2D eigenvalue weighted by atomic mass is 19.3. The van der Waals surface area contributed by atoms with Crippen LogP contribution >= 0.6 is 0 Å². The number of aromatic nitrogens is 5. The molecule has 1 fully saturated rings. The molecule has 4 N–H and O–H groups in total. The maximum atomic E-state index is 13.3. The first-order valence-electron chi connectivity index (χ1n) is 8.69. The van der Waals surface area contributed by atoms with Crippen LogP contribution in [-0.4, -0.2) is 54.5 Å². The van der Waals surface area contributed by atoms with Crippen LogP contribution in [0.5, 0.6) is 0 Å². The number of halogens is 2. The quantitative estimate of drug-likeness (QED) is 0.685. The first kappa shape index (κ1) is 18.2. The van der Waals surface area contributed by atoms with Gasteiger partial charge in [-0.3, -0.25) is 4.79 Å². The van der Waals surface area contributed by atoms with Gasteiger partial charge in [-0.25, -0.2) is 23.3 Å². The van der Waals surface area contributed by atoms with Gasteiger partial charge in [-0.05, 0) is 24.6 Å². The largest absolute Gasteiger partial charge is 0.383 e. The summed E-state index contributed by atoms with van der Waals surface area (Å²) in [4.78, 5) is 26.2. The highest BCUT2D eigenvalue weighted by Gasteiger charge is 2.34. The first-order valence-corrected chi connectivity index (χ1v) is 8.69. The molecule has 0 aromatic carbocycles. The summed E-state index contributed by atoms with van der Waals surface area (Å²) in [6.45, 7) is 0.661. The van der Waals surface area contributed by atoms with Crippen molar-refractivity contribution in [2.45, 2.75) is 24.8 Å². The van der Waals surface area contributed by atoms with Crippen LogP contribution in [0, 0.1) is 0 Å². The number of pyridine rings is 1. The van der Waals surface area contributed by atoms with Crippen molar-refractivity contribution < 1.29 is 13.6 Å². The van der Waals surface area contributed by atoms with Crippen LogP contribution in [-0.2, 0) is 0 Å². The Kier molecular flexibility index (Phi) is 4.59. The molecule has 9 nitrogen and oxygen atoms in total. The molecule has 1 saturated heterocycles. The van der Waals surface area contributed by atoms with Crippen molar-refractivity contribution in [3.05, 3.63) is 47.7 Å². The third-order valence-corrected chi connectivity index (χ3v) is 4.93. The third-order valence-electron chi connectivity index (χ3n) is 4.93. The Labute approximate surface area is 158 Å². The second-order valence-electron chi connectivity index (χ2n) is 6.62. The molecule has 4 heterocycles. The van der Waals surface area contributed by atoms with Crippen molar-refractivity contribution in [3.8, 4) is 0 Å². The number of nitrogens with two attached hydrogens (primary N) is 2. The number of fused-ring (bicyclic) bond motifs is 1. The molecule has 28 heavy (non-hydrogen) atoms. The number of likely N-dealkylation sites (tertiary alicyclic amines) is 1. The van der Waals surface area contributed by atoms with Gasteiger partial charge in [0.1, 0.15) is 17.8 Å². The lowest BCUT2D eigenvalue weighted by Crippen LogP contribution is -2.48. The van der Waals surface area contributed by atoms with Gasteiger partial charge in [-0.2, -0.15) is 10.1 Å². The molecular weight excluding hydrogens is 370 g/mol. The Morgan fingerprint density at radius 3 is 2.89 bits per heavy atom. The van der Waals surface area contributed by atoms with E-state index in [0.29, 0.717) is 24.2 Å². The average Bonchev–Trinajstić information content (AvgIpc) is 3.16. The first-order chi connectivity index (χ1) is 13.5. The van der Waals surface area contributed by atoms with Crippen LogP contribution in [0.3, 0.4) is 0 Å². The van der Waals surface area contributed by atoms with Gasteiger partial charge in [0.15, 0.2) is 0 Å². The van der Waals surface area contributed by atoms with Gasteiger partial charge in [0.05, 0.1) is 11.3 Å². The molecule has 0 aliphatic carbocycles. The molecule has 1 amide bonds. The topological polar surface area (TPSA) is 128 Å². The van der Waals surface area contributed by atoms with Crippen LogP contribution in [0.15, 0.2) is 30.7 Å². The fraction of sp³-hybridized carbons (Fsp3) is 0.353. The van der Waals surface area contributed by atoms with E-state index in [2.05, 4.69) is 20.1 Å². The lowest BCUT2D eigenvalue weighted by molar-refractivity contribution is 0.0691. The Bertz CT molecular complexity index is 1020. The Hall–Kier alpha value is -3.21. The molecule has 0 spiro atoms. The SMILES string of the molecule is Nc1ncccc1C(=O)N1CCC(N)[C@H](c2cc(C(F)F)nc3ncnn23)C1. The molecule has 4 rings (SSSR count). The second-order valence-corrected chi connectivity index (χ2v) is 6.62. The average molecular weight is 388 g/mol. The Balaban J connectivity index is 1.70. The number of hydrogen-bond acceptors (Lipinski definition) is 7. The van der Waals surface area contributed by atoms with E-state index in [4.69, 9.17) is 11.5 Å². The van der Waals surface area contributed by atoms with Gasteiger partial charge in [0.2, 0.25) is 0 Å². The number of anilines is 1. The minimum absolute atomic E-state index is 0.0694. The zero-order valence-corrected chi connectivity index (χ0v) is 14.7. The normalized spacial score (nSPS) is 20.1. The van der Waals surface area contributed by atoms with Gasteiger partial charge in [0.25, 0.3) is 18.1 Å². The molecule has 11 heteroatoms. The minimum atomic E-state index is -2.76. The predicted molar refractivity (Wildman–Crippen MR) is 95.6 cm³/mol. The number of hydrogen-bond donors (Lipinski definition) is 2. The maximum Gasteiger partial charge on any atom is 0.280 e. The van der Waals surface area contributed by atoms with Gasteiger partial charge in [-0.1, -0.05) is 0 Å². The van der Waals surface area contributed by atoms with E-state index in [1.54, 1.807) is 17.0 Å². The van der Waals surface area contributed by atoms with Crippen LogP contribution in [0.25, 0.3) is 5.78 Å². The molecule has 1 aliphatic heterocycles. The standard InChI is InChI=1S/C17H18F2N8O/c18-14(19)12-6-13(27-17(25-12)23-8-24-27)10-7-26(5-3-11(10)20)16(28)9-2-1-4-22-15(9)21/h1-2,4,6,8,10-11,14H,3,5,7,20H2,(H2,21,22)/t10-,11?/m1/s1. The summed E-state index contributed by atoms with van der Waals surface area (Å²) in [5.74, 6) is -0.484. The van der Waals surface area contributed by atoms with Crippen molar-refractivity contribution in [3.63, 3.8) is 0 Å². The van der Waals surface area contributed by atoms with E-state index in [-0.39, 0.29) is 30.1 Å². The van der Waals surface area contributed by atoms with Crippen molar-refractivity contribution in [2.75, 3.05) is 18.8 Å². The third kappa shape index (κ3) is 3.13. The Morgan fingerprint density at radius 2 is 2.14 bits per heavy atom. The highest BCUT2D eigenvalue weighted by molar-refractivity contribution is 5.98. The molecule has 3 aromatic heterocycles. The van der Waals surface area contributed by atoms with Crippen LogP contribution in [0.1, 0.15) is 40.5 Å². The number of nitrogens with zero attached hydrogens (tertiary/aromatic N) is 6. The van der Waals surface area contributed by atoms with E-state index in [1.165, 1.54) is 23.1 Å². The van der Waals surface area contributed by atoms with E-state index in [9.17, 15) is 13.6 Å². The lowest BCUT2D eigenvalue weighted by atomic mass is 9.89. The maximum absolute atomic E-state index is 13.3. The summed E-state index contributed by atoms with van der Waals surface area (Å²) >= 11 is 0. The van der Waals surface area contributed by atoms with Crippen molar-refractivity contribution in [1.29, 1.82) is 0 Å². The zero-order chi connectivity index (χ0) is 19.8. The number of carbonyl (C=O) groups is 1. The highest BCUT2D eigenvalue weighted by Crippen LogP contribution is 2.30. The summed E-state index contributed by atoms with van der Waals surface area (Å²) in [5.41, 5.74) is 12.4. The second kappa shape index (κ2) is 7.08. The Morgan fingerprint density at radius 1 is 1.32 bits per heavy atom. The monoisotopic (exact) mass is 388 g/mol. The summed E-state index contributed by atoms with van der Waals surface area (Å²) in [5, 5.41) is 4.08. The van der Waals surface area contributed by atoms with E-state index in [0.717, 1.165) is 0 Å². The van der Waals surface area contributed by atoms with E-state index < -0.39 is 18.0 Å². The summed E-state index contributed by atoms with van der Waals surface area (Å²) in [6, 6.07) is 4.18. The number of carbonyl (C=O) groups excluding carboxylic acids is 1. The molecule has 146 valence electrons. The number of rotatable bonds is 3. The van der Waals surface area contributed by atoms with Crippen LogP contribution < -0.4 is 11.5 Å². The summed E-state index contributed by atoms with van der Waals surface area (Å²) in [7, 11) is 0. The number of piperidine rings is 1. The molecular formula is C17H18F2N8O. The van der Waals surface area contributed by atoms with Crippen molar-refractivity contribution in [1.82, 2.24) is 29.5 Å². The molecule has 1 aliphatic rings. The van der Waals surface area contributed by atoms with Gasteiger partial charge in [0, 0.05) is 31.2 Å². The van der Waals surface area contributed by atoms with E-state index in [1.807, 2.05) is 0 Å². The molecule has 3 aromatic rings. The van der Waals surface area contributed by atoms with Crippen molar-refractivity contribution >= 4 is 17.5 Å². The van der Waals surface area contributed by atoms with Crippen molar-refractivity contribution in [2.24, 2.45) is 5.73 Å². The fourth-order valence-corrected chi connectivity index (χ4v) is 3.47. The van der Waals surface area contributed by atoms with Crippen LogP contribution in [0.2, 0.25) is 0 Å². The molecule has 0 saturated carbocycles. The van der Waals surface area contributed by atoms with Gasteiger partial charge >= 0.3 is 0 Å². The van der Waals surface area contributed by atoms with Crippen LogP contribution in [0.4, 0.5) is 14.6 Å². The van der Waals surface area contributed by atoms with Gasteiger partial charge < -0.3 is 16.4 Å². The summed E-state index contributed by atoms with van der Waals surface area (Å²) in [6.07, 6.45) is 0.493. The zero-order valence-electron chi connectivity index (χ0n) is 14.7.